The zero-order valence-corrected chi connectivity index (χ0v) is 6.04. The van der Waals surface area contributed by atoms with Crippen LogP contribution < -0.4 is 0 Å². The van der Waals surface area contributed by atoms with Crippen LogP contribution in [0, 0.1) is 0 Å². The summed E-state index contributed by atoms with van der Waals surface area (Å²) in [5, 5.41) is 0. The average molecular weight is 124 g/mol. The first-order valence-corrected chi connectivity index (χ1v) is 4.45. The third kappa shape index (κ3) is 37100. The molecule has 0 amide bonds. The van der Waals surface area contributed by atoms with E-state index in [0.29, 0.717) is 0 Å². The molecule has 0 fully saturated rings. The first-order chi connectivity index (χ1) is 3.00. The van der Waals surface area contributed by atoms with E-state index in [1.54, 1.807) is 0 Å². The van der Waals surface area contributed by atoms with Crippen molar-refractivity contribution in [2.24, 2.45) is 0 Å². The van der Waals surface area contributed by atoms with Crippen molar-refractivity contribution in [2.45, 2.75) is 13.8 Å². The maximum Gasteiger partial charge on any atom is 0.144 e. The number of rotatable bonds is 0. The van der Waals surface area contributed by atoms with Crippen LogP contribution in [0.5, 0.6) is 0 Å². The van der Waals surface area contributed by atoms with Gasteiger partial charge in [0.05, 0.1) is 0 Å². The van der Waals surface area contributed by atoms with Crippen LogP contribution in [0.1, 0.15) is 13.8 Å². The topological polar surface area (TPSA) is 34.1 Å². The minimum Gasteiger partial charge on any atom is -0.229 e. The minimum absolute atomic E-state index is 1.16. The van der Waals surface area contributed by atoms with Gasteiger partial charge in [0.15, 0.2) is 0 Å². The molecule has 0 atom stereocenters. The van der Waals surface area contributed by atoms with E-state index in [1.165, 1.54) is 0 Å². The highest BCUT2D eigenvalue weighted by molar-refractivity contribution is 7.89. The first kappa shape index (κ1) is 10.0. The lowest BCUT2D eigenvalue weighted by atomic mass is 11.0. The second-order valence-electron chi connectivity index (χ2n) is 1.14. The highest BCUT2D eigenvalue weighted by Gasteiger charge is 1.79. The molecule has 0 spiro atoms. The fraction of sp³-hybridized carbons (Fsp3) is 1.00. The van der Waals surface area contributed by atoms with Crippen LogP contribution in [0.3, 0.4) is 0 Å². The molecule has 7 heavy (non-hydrogen) atoms. The molecule has 0 aromatic carbocycles. The van der Waals surface area contributed by atoms with Gasteiger partial charge in [-0.2, -0.15) is 0 Å². The van der Waals surface area contributed by atoms with E-state index in [2.05, 4.69) is 0 Å². The fourth-order valence-corrected chi connectivity index (χ4v) is 0. The van der Waals surface area contributed by atoms with Crippen LogP contribution in [0.15, 0.2) is 0 Å². The van der Waals surface area contributed by atoms with Crippen molar-refractivity contribution >= 4 is 9.84 Å². The van der Waals surface area contributed by atoms with E-state index < -0.39 is 9.84 Å². The summed E-state index contributed by atoms with van der Waals surface area (Å²) in [5.41, 5.74) is 0. The molecule has 0 unspecified atom stereocenters. The minimum atomic E-state index is -2.67. The highest BCUT2D eigenvalue weighted by atomic mass is 32.2. The molecule has 3 heteroatoms. The zero-order valence-electron chi connectivity index (χ0n) is 5.22. The lowest BCUT2D eigenvalue weighted by Crippen LogP contribution is -1.86. The van der Waals surface area contributed by atoms with Crippen LogP contribution in [-0.4, -0.2) is 20.9 Å². The lowest BCUT2D eigenvalue weighted by molar-refractivity contribution is 0.607. The summed E-state index contributed by atoms with van der Waals surface area (Å²) in [6, 6.07) is 0. The molecule has 0 aromatic rings. The van der Waals surface area contributed by atoms with Crippen LogP contribution in [0.4, 0.5) is 0 Å². The maximum absolute atomic E-state index is 9.63. The van der Waals surface area contributed by atoms with Gasteiger partial charge in [-0.3, -0.25) is 0 Å². The standard InChI is InChI=1S/C2H6O2S.C2H6/c1-5(2,3)4;1-2/h1-2H3;1-2H3. The van der Waals surface area contributed by atoms with Gasteiger partial charge in [-0.1, -0.05) is 13.8 Å². The quantitative estimate of drug-likeness (QED) is 0.476. The summed E-state index contributed by atoms with van der Waals surface area (Å²) in [7, 11) is -2.67. The Morgan fingerprint density at radius 2 is 1.00 bits per heavy atom. The van der Waals surface area contributed by atoms with Gasteiger partial charge in [0.1, 0.15) is 9.84 Å². The van der Waals surface area contributed by atoms with Crippen LogP contribution >= 0.6 is 0 Å². The Morgan fingerprint density at radius 3 is 1.00 bits per heavy atom. The summed E-state index contributed by atoms with van der Waals surface area (Å²) in [5.74, 6) is 0. The summed E-state index contributed by atoms with van der Waals surface area (Å²) in [6.07, 6.45) is 2.32. The van der Waals surface area contributed by atoms with Gasteiger partial charge in [-0.05, 0) is 0 Å². The van der Waals surface area contributed by atoms with Gasteiger partial charge in [0.2, 0.25) is 0 Å². The molecule has 0 aliphatic rings. The van der Waals surface area contributed by atoms with E-state index in [0.717, 1.165) is 12.5 Å². The predicted octanol–water partition coefficient (Wildman–Crippen LogP) is 0.687. The molecular formula is C4H12O2S. The molecule has 0 bridgehead atoms. The van der Waals surface area contributed by atoms with Crippen molar-refractivity contribution in [1.29, 1.82) is 0 Å². The van der Waals surface area contributed by atoms with E-state index in [-0.39, 0.29) is 0 Å². The van der Waals surface area contributed by atoms with Crippen molar-refractivity contribution < 1.29 is 8.42 Å². The van der Waals surface area contributed by atoms with E-state index in [9.17, 15) is 8.42 Å². The Balaban J connectivity index is 0. The monoisotopic (exact) mass is 124 g/mol. The molecule has 0 radical (unpaired) electrons. The van der Waals surface area contributed by atoms with Gasteiger partial charge in [-0.15, -0.1) is 0 Å². The molecule has 0 rings (SSSR count). The van der Waals surface area contributed by atoms with Gasteiger partial charge in [0.25, 0.3) is 0 Å². The van der Waals surface area contributed by atoms with Crippen molar-refractivity contribution in [2.75, 3.05) is 12.5 Å². The third-order valence-corrected chi connectivity index (χ3v) is 0. The Labute approximate surface area is 45.5 Å². The molecule has 0 saturated heterocycles. The normalized spacial score (nSPS) is 9.14. The Hall–Kier alpha value is -0.0500. The SMILES string of the molecule is CC.CS(C)(=O)=O. The molecule has 0 N–H and O–H groups in total. The number of sulfone groups is 1. The lowest BCUT2D eigenvalue weighted by Gasteiger charge is -1.69. The van der Waals surface area contributed by atoms with Gasteiger partial charge in [-0.25, -0.2) is 8.42 Å². The molecule has 46 valence electrons. The summed E-state index contributed by atoms with van der Waals surface area (Å²) in [4.78, 5) is 0. The van der Waals surface area contributed by atoms with Crippen molar-refractivity contribution in [3.05, 3.63) is 0 Å². The zero-order chi connectivity index (χ0) is 6.50. The molecule has 0 aliphatic carbocycles. The predicted molar refractivity (Wildman–Crippen MR) is 32.1 cm³/mol. The smallest absolute Gasteiger partial charge is 0.144 e. The van der Waals surface area contributed by atoms with Gasteiger partial charge in [0, 0.05) is 12.5 Å². The van der Waals surface area contributed by atoms with Crippen molar-refractivity contribution in [3.8, 4) is 0 Å². The number of hydrogen-bond acceptors (Lipinski definition) is 2. The van der Waals surface area contributed by atoms with Crippen LogP contribution in [-0.2, 0) is 9.84 Å². The Kier molecular flexibility index (Phi) is 5.91. The third-order valence-electron chi connectivity index (χ3n) is 0. The summed E-state index contributed by atoms with van der Waals surface area (Å²) >= 11 is 0. The molecule has 0 aliphatic heterocycles. The van der Waals surface area contributed by atoms with E-state index >= 15 is 0 Å². The Morgan fingerprint density at radius 1 is 1.00 bits per heavy atom. The maximum atomic E-state index is 9.63. The van der Waals surface area contributed by atoms with Gasteiger partial charge >= 0.3 is 0 Å². The van der Waals surface area contributed by atoms with E-state index in [4.69, 9.17) is 0 Å². The molecule has 0 saturated carbocycles. The summed E-state index contributed by atoms with van der Waals surface area (Å²) in [6.45, 7) is 4.00. The number of hydrogen-bond donors (Lipinski definition) is 0. The second kappa shape index (κ2) is 4.12. The fourth-order valence-electron chi connectivity index (χ4n) is 0. The molecule has 0 heterocycles. The molecular weight excluding hydrogens is 112 g/mol. The average Bonchev–Trinajstić information content (AvgIpc) is 1.36. The Bertz CT molecular complexity index is 92.9. The van der Waals surface area contributed by atoms with E-state index in [1.807, 2.05) is 13.8 Å². The van der Waals surface area contributed by atoms with Crippen LogP contribution in [0.2, 0.25) is 0 Å². The van der Waals surface area contributed by atoms with Crippen molar-refractivity contribution in [1.82, 2.24) is 0 Å². The van der Waals surface area contributed by atoms with Crippen molar-refractivity contribution in [3.63, 3.8) is 0 Å². The molecule has 0 aromatic heterocycles. The summed E-state index contributed by atoms with van der Waals surface area (Å²) < 4.78 is 19.3. The largest absolute Gasteiger partial charge is 0.229 e. The molecule has 2 nitrogen and oxygen atoms in total. The van der Waals surface area contributed by atoms with Crippen LogP contribution in [0.25, 0.3) is 0 Å². The second-order valence-corrected chi connectivity index (χ2v) is 3.43. The van der Waals surface area contributed by atoms with Gasteiger partial charge < -0.3 is 0 Å². The first-order valence-electron chi connectivity index (χ1n) is 2.15. The highest BCUT2D eigenvalue weighted by Crippen LogP contribution is 1.61.